The van der Waals surface area contributed by atoms with Gasteiger partial charge in [-0.25, -0.2) is 19.9 Å². The van der Waals surface area contributed by atoms with Crippen LogP contribution in [0.15, 0.2) is 206 Å². The molecule has 10 aromatic rings. The minimum Gasteiger partial charge on any atom is -0.247 e. The minimum atomic E-state index is -0.470. The van der Waals surface area contributed by atoms with E-state index in [0.29, 0.717) is 17.5 Å². The predicted octanol–water partition coefficient (Wildman–Crippen LogP) is 13.1. The van der Waals surface area contributed by atoms with Crippen molar-refractivity contribution < 1.29 is 0 Å². The standard InChI is InChI=1S/C55H34N4/c1-3-17-35(18-4-1)52-57-53(36-19-5-2-6-20-36)59-54(58-52)40-24-16-22-38(34-40)37-21-15-23-39(33-37)50-44-28-8-7-27-43(44)49-51(56-50)45-29-11-14-32-48(45)55(49)46-30-12-9-25-41(46)42-26-10-13-31-47(42)55/h1-34H. The van der Waals surface area contributed by atoms with E-state index in [1.165, 1.54) is 44.3 Å². The van der Waals surface area contributed by atoms with Gasteiger partial charge in [-0.1, -0.05) is 194 Å². The molecule has 59 heavy (non-hydrogen) atoms. The molecule has 2 aliphatic rings. The van der Waals surface area contributed by atoms with Gasteiger partial charge in [0.2, 0.25) is 0 Å². The van der Waals surface area contributed by atoms with Gasteiger partial charge < -0.3 is 0 Å². The van der Waals surface area contributed by atoms with E-state index >= 15 is 0 Å². The number of aromatic nitrogens is 4. The number of pyridine rings is 1. The SMILES string of the molecule is c1ccc(-c2nc(-c3ccccc3)nc(-c3cccc(-c4cccc(-c5nc6c(c7ccccc57)C5(c7ccccc7-c7ccccc75)c5ccccc5-6)c4)c3)n2)cc1. The summed E-state index contributed by atoms with van der Waals surface area (Å²) in [5.74, 6) is 1.92. The Morgan fingerprint density at radius 1 is 0.271 bits per heavy atom. The summed E-state index contributed by atoms with van der Waals surface area (Å²) < 4.78 is 0. The Morgan fingerprint density at radius 2 is 0.678 bits per heavy atom. The van der Waals surface area contributed by atoms with Gasteiger partial charge >= 0.3 is 0 Å². The first kappa shape index (κ1) is 33.3. The van der Waals surface area contributed by atoms with E-state index in [1.807, 2.05) is 60.7 Å². The molecule has 0 N–H and O–H groups in total. The van der Waals surface area contributed by atoms with Gasteiger partial charge in [-0.2, -0.15) is 0 Å². The van der Waals surface area contributed by atoms with Crippen LogP contribution in [0.4, 0.5) is 0 Å². The van der Waals surface area contributed by atoms with Crippen LogP contribution in [0, 0.1) is 0 Å². The first-order valence-corrected chi connectivity index (χ1v) is 20.1. The lowest BCUT2D eigenvalue weighted by molar-refractivity contribution is 0.799. The molecule has 1 spiro atoms. The fourth-order valence-corrected chi connectivity index (χ4v) is 9.63. The molecule has 0 radical (unpaired) electrons. The van der Waals surface area contributed by atoms with Gasteiger partial charge in [-0.05, 0) is 56.5 Å². The van der Waals surface area contributed by atoms with Gasteiger partial charge in [0.15, 0.2) is 17.5 Å². The van der Waals surface area contributed by atoms with Crippen molar-refractivity contribution in [3.05, 3.63) is 229 Å². The molecule has 12 rings (SSSR count). The van der Waals surface area contributed by atoms with E-state index in [1.54, 1.807) is 0 Å². The molecule has 0 unspecified atom stereocenters. The number of benzene rings is 8. The monoisotopic (exact) mass is 750 g/mol. The number of fused-ring (bicyclic) bond motifs is 12. The van der Waals surface area contributed by atoms with Gasteiger partial charge in [0.05, 0.1) is 16.8 Å². The minimum absolute atomic E-state index is 0.470. The van der Waals surface area contributed by atoms with Crippen LogP contribution in [0.25, 0.3) is 89.7 Å². The molecule has 2 aliphatic carbocycles. The summed E-state index contributed by atoms with van der Waals surface area (Å²) in [5, 5.41) is 2.36. The lowest BCUT2D eigenvalue weighted by Crippen LogP contribution is -2.26. The zero-order chi connectivity index (χ0) is 38.9. The van der Waals surface area contributed by atoms with E-state index in [0.717, 1.165) is 50.2 Å². The van der Waals surface area contributed by atoms with E-state index in [4.69, 9.17) is 19.9 Å². The summed E-state index contributed by atoms with van der Waals surface area (Å²) in [6.45, 7) is 0. The Kier molecular flexibility index (Phi) is 7.41. The maximum absolute atomic E-state index is 5.71. The van der Waals surface area contributed by atoms with Gasteiger partial charge in [0.25, 0.3) is 0 Å². The topological polar surface area (TPSA) is 51.6 Å². The molecule has 2 heterocycles. The summed E-state index contributed by atoms with van der Waals surface area (Å²) >= 11 is 0. The summed E-state index contributed by atoms with van der Waals surface area (Å²) in [4.78, 5) is 20.6. The second kappa shape index (κ2) is 13.1. The normalized spacial score (nSPS) is 12.9. The smallest absolute Gasteiger partial charge is 0.164 e. The van der Waals surface area contributed by atoms with Crippen molar-refractivity contribution in [2.24, 2.45) is 0 Å². The number of nitrogens with zero attached hydrogens (tertiary/aromatic N) is 4. The third-order valence-corrected chi connectivity index (χ3v) is 12.1. The molecule has 4 heteroatoms. The van der Waals surface area contributed by atoms with Crippen molar-refractivity contribution in [1.29, 1.82) is 0 Å². The van der Waals surface area contributed by atoms with Crippen LogP contribution >= 0.6 is 0 Å². The molecule has 274 valence electrons. The highest BCUT2D eigenvalue weighted by molar-refractivity contribution is 6.07. The summed E-state index contributed by atoms with van der Waals surface area (Å²) in [5.41, 5.74) is 16.5. The Hall–Kier alpha value is -7.82. The number of hydrogen-bond acceptors (Lipinski definition) is 4. The number of hydrogen-bond donors (Lipinski definition) is 0. The molecule has 0 saturated carbocycles. The lowest BCUT2D eigenvalue weighted by Gasteiger charge is -2.31. The lowest BCUT2D eigenvalue weighted by atomic mass is 9.69. The molecule has 0 bridgehead atoms. The molecular weight excluding hydrogens is 717 g/mol. The second-order valence-corrected chi connectivity index (χ2v) is 15.3. The fraction of sp³-hybridized carbons (Fsp3) is 0.0182. The second-order valence-electron chi connectivity index (χ2n) is 15.3. The third kappa shape index (κ3) is 5.03. The van der Waals surface area contributed by atoms with Crippen molar-refractivity contribution in [3.8, 4) is 78.9 Å². The molecule has 0 amide bonds. The molecule has 0 saturated heterocycles. The first-order chi connectivity index (χ1) is 29.3. The molecule has 0 fully saturated rings. The average molecular weight is 751 g/mol. The summed E-state index contributed by atoms with van der Waals surface area (Å²) in [6.07, 6.45) is 0. The maximum atomic E-state index is 5.71. The van der Waals surface area contributed by atoms with Crippen LogP contribution < -0.4 is 0 Å². The Labute approximate surface area is 342 Å². The molecule has 0 atom stereocenters. The summed E-state index contributed by atoms with van der Waals surface area (Å²) in [7, 11) is 0. The zero-order valence-corrected chi connectivity index (χ0v) is 31.9. The van der Waals surface area contributed by atoms with Gasteiger partial charge in [-0.15, -0.1) is 0 Å². The quantitative estimate of drug-likeness (QED) is 0.176. The van der Waals surface area contributed by atoms with Crippen molar-refractivity contribution in [3.63, 3.8) is 0 Å². The number of rotatable bonds is 5. The highest BCUT2D eigenvalue weighted by atomic mass is 15.0. The molecule has 0 aliphatic heterocycles. The Bertz CT molecular complexity index is 3180. The van der Waals surface area contributed by atoms with Gasteiger partial charge in [0, 0.05) is 38.8 Å². The van der Waals surface area contributed by atoms with E-state index < -0.39 is 5.41 Å². The van der Waals surface area contributed by atoms with Crippen molar-refractivity contribution in [2.45, 2.75) is 5.41 Å². The highest BCUT2D eigenvalue weighted by Crippen LogP contribution is 2.64. The van der Waals surface area contributed by atoms with Crippen LogP contribution in [-0.2, 0) is 5.41 Å². The van der Waals surface area contributed by atoms with Crippen molar-refractivity contribution in [1.82, 2.24) is 19.9 Å². The van der Waals surface area contributed by atoms with Gasteiger partial charge in [0.1, 0.15) is 0 Å². The Morgan fingerprint density at radius 3 is 1.27 bits per heavy atom. The van der Waals surface area contributed by atoms with Crippen molar-refractivity contribution in [2.75, 3.05) is 0 Å². The fourth-order valence-electron chi connectivity index (χ4n) is 9.63. The van der Waals surface area contributed by atoms with Crippen LogP contribution in [0.5, 0.6) is 0 Å². The molecule has 2 aromatic heterocycles. The molecule has 4 nitrogen and oxygen atoms in total. The van der Waals surface area contributed by atoms with Crippen molar-refractivity contribution >= 4 is 10.8 Å². The largest absolute Gasteiger partial charge is 0.247 e. The third-order valence-electron chi connectivity index (χ3n) is 12.1. The Balaban J connectivity index is 1.02. The molecule has 8 aromatic carbocycles. The first-order valence-electron chi connectivity index (χ1n) is 20.1. The van der Waals surface area contributed by atoms with Crippen LogP contribution in [0.2, 0.25) is 0 Å². The van der Waals surface area contributed by atoms with Gasteiger partial charge in [-0.3, -0.25) is 0 Å². The van der Waals surface area contributed by atoms with E-state index in [2.05, 4.69) is 146 Å². The molecular formula is C55H34N4. The average Bonchev–Trinajstić information content (AvgIpc) is 3.79. The van der Waals surface area contributed by atoms with Crippen LogP contribution in [0.3, 0.4) is 0 Å². The van der Waals surface area contributed by atoms with E-state index in [9.17, 15) is 0 Å². The predicted molar refractivity (Wildman–Crippen MR) is 239 cm³/mol. The zero-order valence-electron chi connectivity index (χ0n) is 31.9. The van der Waals surface area contributed by atoms with E-state index in [-0.39, 0.29) is 0 Å². The maximum Gasteiger partial charge on any atom is 0.164 e. The highest BCUT2D eigenvalue weighted by Gasteiger charge is 2.53. The summed E-state index contributed by atoms with van der Waals surface area (Å²) in [6, 6.07) is 73.1. The van der Waals surface area contributed by atoms with Crippen LogP contribution in [-0.4, -0.2) is 19.9 Å². The van der Waals surface area contributed by atoms with Crippen LogP contribution in [0.1, 0.15) is 22.3 Å².